The number of phenols is 1. The van der Waals surface area contributed by atoms with E-state index in [1.165, 1.54) is 0 Å². The highest BCUT2D eigenvalue weighted by atomic mass is 79.9. The lowest BCUT2D eigenvalue weighted by molar-refractivity contribution is 0.453. The van der Waals surface area contributed by atoms with Crippen LogP contribution in [-0.4, -0.2) is 5.11 Å². The van der Waals surface area contributed by atoms with E-state index >= 15 is 0 Å². The van der Waals surface area contributed by atoms with Crippen LogP contribution >= 0.6 is 15.9 Å². The zero-order valence-electron chi connectivity index (χ0n) is 8.55. The molecule has 0 bridgehead atoms. The molecule has 0 aliphatic carbocycles. The topological polar surface area (TPSA) is 46.2 Å². The van der Waals surface area contributed by atoms with Crippen molar-refractivity contribution in [1.29, 1.82) is 0 Å². The van der Waals surface area contributed by atoms with Crippen LogP contribution in [0.3, 0.4) is 0 Å². The van der Waals surface area contributed by atoms with Gasteiger partial charge in [-0.3, -0.25) is 0 Å². The van der Waals surface area contributed by atoms with Crippen LogP contribution in [0.15, 0.2) is 16.6 Å². The molecule has 1 aromatic carbocycles. The van der Waals surface area contributed by atoms with Gasteiger partial charge in [0.25, 0.3) is 0 Å². The first-order valence-electron chi connectivity index (χ1n) is 4.81. The molecular formula is C11H16BrNO. The van der Waals surface area contributed by atoms with Crippen LogP contribution in [0.4, 0.5) is 0 Å². The molecule has 1 aromatic rings. The summed E-state index contributed by atoms with van der Waals surface area (Å²) in [6, 6.07) is 3.72. The van der Waals surface area contributed by atoms with Crippen LogP contribution in [0, 0.1) is 6.92 Å². The average Bonchev–Trinajstić information content (AvgIpc) is 2.13. The predicted octanol–water partition coefficient (Wildman–Crippen LogP) is 3.26. The van der Waals surface area contributed by atoms with Crippen molar-refractivity contribution in [3.63, 3.8) is 0 Å². The fourth-order valence-corrected chi connectivity index (χ4v) is 2.11. The van der Waals surface area contributed by atoms with Crippen LogP contribution in [-0.2, 0) is 0 Å². The first kappa shape index (κ1) is 11.5. The van der Waals surface area contributed by atoms with Crippen LogP contribution in [0.25, 0.3) is 0 Å². The maximum absolute atomic E-state index is 9.87. The summed E-state index contributed by atoms with van der Waals surface area (Å²) in [6.45, 7) is 3.96. The number of nitrogens with two attached hydrogens (primary N) is 1. The lowest BCUT2D eigenvalue weighted by Crippen LogP contribution is -2.11. The van der Waals surface area contributed by atoms with Crippen molar-refractivity contribution in [3.05, 3.63) is 27.7 Å². The highest BCUT2D eigenvalue weighted by molar-refractivity contribution is 9.10. The van der Waals surface area contributed by atoms with Gasteiger partial charge in [-0.25, -0.2) is 0 Å². The highest BCUT2D eigenvalue weighted by Crippen LogP contribution is 2.34. The Morgan fingerprint density at radius 2 is 2.14 bits per heavy atom. The molecule has 0 aromatic heterocycles. The zero-order chi connectivity index (χ0) is 10.7. The van der Waals surface area contributed by atoms with Gasteiger partial charge in [-0.2, -0.15) is 0 Å². The van der Waals surface area contributed by atoms with Crippen molar-refractivity contribution >= 4 is 15.9 Å². The quantitative estimate of drug-likeness (QED) is 0.874. The van der Waals surface area contributed by atoms with Crippen molar-refractivity contribution in [2.24, 2.45) is 5.73 Å². The molecule has 3 N–H and O–H groups in total. The summed E-state index contributed by atoms with van der Waals surface area (Å²) < 4.78 is 0.890. The number of rotatable bonds is 3. The average molecular weight is 258 g/mol. The van der Waals surface area contributed by atoms with Gasteiger partial charge in [-0.05, 0) is 25.0 Å². The van der Waals surface area contributed by atoms with Crippen molar-refractivity contribution in [2.45, 2.75) is 32.7 Å². The molecule has 1 unspecified atom stereocenters. The second-order valence-corrected chi connectivity index (χ2v) is 4.38. The number of halogens is 1. The Morgan fingerprint density at radius 3 is 2.71 bits per heavy atom. The minimum Gasteiger partial charge on any atom is -0.507 e. The molecule has 0 aliphatic heterocycles. The minimum atomic E-state index is -0.0886. The zero-order valence-corrected chi connectivity index (χ0v) is 10.1. The van der Waals surface area contributed by atoms with E-state index in [4.69, 9.17) is 5.73 Å². The lowest BCUT2D eigenvalue weighted by Gasteiger charge is -2.16. The number of benzene rings is 1. The van der Waals surface area contributed by atoms with E-state index < -0.39 is 0 Å². The smallest absolute Gasteiger partial charge is 0.124 e. The van der Waals surface area contributed by atoms with E-state index in [2.05, 4.69) is 22.9 Å². The maximum Gasteiger partial charge on any atom is 0.124 e. The van der Waals surface area contributed by atoms with E-state index in [0.717, 1.165) is 28.4 Å². The summed E-state index contributed by atoms with van der Waals surface area (Å²) in [5, 5.41) is 9.87. The second-order valence-electron chi connectivity index (χ2n) is 3.52. The molecular weight excluding hydrogens is 242 g/mol. The van der Waals surface area contributed by atoms with Crippen molar-refractivity contribution < 1.29 is 5.11 Å². The van der Waals surface area contributed by atoms with Gasteiger partial charge in [0, 0.05) is 16.1 Å². The summed E-state index contributed by atoms with van der Waals surface area (Å²) in [5.41, 5.74) is 7.68. The Balaban J connectivity index is 3.11. The van der Waals surface area contributed by atoms with Gasteiger partial charge >= 0.3 is 0 Å². The Labute approximate surface area is 93.3 Å². The van der Waals surface area contributed by atoms with Gasteiger partial charge < -0.3 is 10.8 Å². The van der Waals surface area contributed by atoms with Gasteiger partial charge in [-0.15, -0.1) is 0 Å². The molecule has 3 heteroatoms. The molecule has 2 nitrogen and oxygen atoms in total. The van der Waals surface area contributed by atoms with E-state index in [0.29, 0.717) is 5.75 Å². The summed E-state index contributed by atoms with van der Waals surface area (Å²) in [4.78, 5) is 0. The minimum absolute atomic E-state index is 0.0886. The number of aryl methyl sites for hydroxylation is 1. The van der Waals surface area contributed by atoms with E-state index in [9.17, 15) is 5.11 Å². The normalized spacial score (nSPS) is 12.9. The molecule has 0 saturated heterocycles. The maximum atomic E-state index is 9.87. The fourth-order valence-electron chi connectivity index (χ4n) is 1.50. The summed E-state index contributed by atoms with van der Waals surface area (Å²) >= 11 is 3.41. The summed E-state index contributed by atoms with van der Waals surface area (Å²) in [5.74, 6) is 0.320. The second kappa shape index (κ2) is 4.80. The van der Waals surface area contributed by atoms with E-state index in [1.807, 2.05) is 19.1 Å². The number of hydrogen-bond donors (Lipinski definition) is 2. The third kappa shape index (κ3) is 2.28. The van der Waals surface area contributed by atoms with Crippen LogP contribution in [0.2, 0.25) is 0 Å². The van der Waals surface area contributed by atoms with Crippen LogP contribution in [0.5, 0.6) is 5.75 Å². The van der Waals surface area contributed by atoms with Gasteiger partial charge in [0.15, 0.2) is 0 Å². The van der Waals surface area contributed by atoms with Gasteiger partial charge in [0.1, 0.15) is 5.75 Å². The molecule has 0 heterocycles. The number of hydrogen-bond acceptors (Lipinski definition) is 2. The molecule has 1 rings (SSSR count). The third-order valence-corrected chi connectivity index (χ3v) is 3.03. The molecule has 0 fully saturated rings. The van der Waals surface area contributed by atoms with E-state index in [-0.39, 0.29) is 6.04 Å². The first-order chi connectivity index (χ1) is 6.57. The third-order valence-electron chi connectivity index (χ3n) is 2.34. The molecule has 0 saturated carbocycles. The van der Waals surface area contributed by atoms with E-state index in [1.54, 1.807) is 0 Å². The number of aromatic hydroxyl groups is 1. The van der Waals surface area contributed by atoms with Crippen molar-refractivity contribution in [1.82, 2.24) is 0 Å². The first-order valence-corrected chi connectivity index (χ1v) is 5.60. The molecule has 1 atom stereocenters. The molecule has 0 radical (unpaired) electrons. The molecule has 78 valence electrons. The van der Waals surface area contributed by atoms with Crippen LogP contribution < -0.4 is 5.73 Å². The summed E-state index contributed by atoms with van der Waals surface area (Å²) in [7, 11) is 0. The Morgan fingerprint density at radius 1 is 1.50 bits per heavy atom. The molecule has 0 amide bonds. The Bertz CT molecular complexity index is 325. The summed E-state index contributed by atoms with van der Waals surface area (Å²) in [6.07, 6.45) is 1.90. The van der Waals surface area contributed by atoms with Crippen molar-refractivity contribution in [3.8, 4) is 5.75 Å². The fraction of sp³-hybridized carbons (Fsp3) is 0.455. The van der Waals surface area contributed by atoms with Crippen molar-refractivity contribution in [2.75, 3.05) is 0 Å². The van der Waals surface area contributed by atoms with Gasteiger partial charge in [0.2, 0.25) is 0 Å². The Hall–Kier alpha value is -0.540. The van der Waals surface area contributed by atoms with Gasteiger partial charge in [-0.1, -0.05) is 35.3 Å². The molecule has 0 spiro atoms. The standard InChI is InChI=1S/C11H16BrNO/c1-3-4-9(13)10-8(12)6-5-7(2)11(10)14/h5-6,9,14H,3-4,13H2,1-2H3. The highest BCUT2D eigenvalue weighted by Gasteiger charge is 2.15. The molecule has 14 heavy (non-hydrogen) atoms. The van der Waals surface area contributed by atoms with Crippen LogP contribution in [0.1, 0.15) is 36.9 Å². The predicted molar refractivity (Wildman–Crippen MR) is 62.4 cm³/mol. The number of phenolic OH excluding ortho intramolecular Hbond substituents is 1. The molecule has 0 aliphatic rings. The monoisotopic (exact) mass is 257 g/mol. The lowest BCUT2D eigenvalue weighted by atomic mass is 10.00. The Kier molecular flexibility index (Phi) is 3.96. The largest absolute Gasteiger partial charge is 0.507 e. The van der Waals surface area contributed by atoms with Gasteiger partial charge in [0.05, 0.1) is 0 Å². The SMILES string of the molecule is CCCC(N)c1c(Br)ccc(C)c1O.